The number of amides is 2. The maximum atomic E-state index is 14.4. The number of nitrogens with zero attached hydrogens (tertiary/aromatic N) is 3. The smallest absolute Gasteiger partial charge is 0.271 e. The van der Waals surface area contributed by atoms with Gasteiger partial charge in [-0.05, 0) is 55.7 Å². The van der Waals surface area contributed by atoms with E-state index in [1.54, 1.807) is 24.3 Å². The van der Waals surface area contributed by atoms with Crippen molar-refractivity contribution in [1.82, 2.24) is 20.1 Å². The first-order valence-corrected chi connectivity index (χ1v) is 12.6. The number of halogens is 3. The van der Waals surface area contributed by atoms with Gasteiger partial charge in [0, 0.05) is 24.4 Å². The van der Waals surface area contributed by atoms with Crippen LogP contribution in [0.3, 0.4) is 0 Å². The summed E-state index contributed by atoms with van der Waals surface area (Å²) >= 11 is 12.6. The highest BCUT2D eigenvalue weighted by molar-refractivity contribution is 6.38. The fraction of sp³-hybridized carbons (Fsp3) is 0.185. The number of rotatable bonds is 7. The van der Waals surface area contributed by atoms with Crippen molar-refractivity contribution >= 4 is 40.8 Å². The Kier molecular flexibility index (Phi) is 7.16. The molecule has 1 saturated carbocycles. The minimum absolute atomic E-state index is 0.0233. The van der Waals surface area contributed by atoms with Crippen molar-refractivity contribution in [2.24, 2.45) is 0 Å². The second-order valence-electron chi connectivity index (χ2n) is 9.02. The molecule has 1 aliphatic carbocycles. The number of carbonyl (C=O) groups is 2. The number of hydrogen-bond acceptors (Lipinski definition) is 5. The first kappa shape index (κ1) is 25.8. The molecule has 3 N–H and O–H groups in total. The molecule has 0 aliphatic heterocycles. The molecule has 1 fully saturated rings. The normalized spacial score (nSPS) is 14.0. The Bertz CT molecular complexity index is 1520. The molecule has 38 heavy (non-hydrogen) atoms. The highest BCUT2D eigenvalue weighted by Gasteiger charge is 2.35. The molecule has 1 aliphatic rings. The van der Waals surface area contributed by atoms with Crippen LogP contribution in [0.1, 0.15) is 40.1 Å². The van der Waals surface area contributed by atoms with Gasteiger partial charge in [-0.15, -0.1) is 0 Å². The highest BCUT2D eigenvalue weighted by Crippen LogP contribution is 2.34. The summed E-state index contributed by atoms with van der Waals surface area (Å²) in [6.07, 6.45) is 3.57. The predicted octanol–water partition coefficient (Wildman–Crippen LogP) is 5.28. The van der Waals surface area contributed by atoms with Crippen molar-refractivity contribution in [2.75, 3.05) is 11.9 Å². The molecule has 0 radical (unpaired) electrons. The predicted molar refractivity (Wildman–Crippen MR) is 142 cm³/mol. The quantitative estimate of drug-likeness (QED) is 0.288. The SMILES string of the molecule is O=C(NCC1(O)CCC1)c1cc(NC(=O)c2cc(-c3ncccc3F)c(Cl)cc2Cl)n(-c2ccccc2)n1. The first-order valence-electron chi connectivity index (χ1n) is 11.8. The Hall–Kier alpha value is -3.79. The Morgan fingerprint density at radius 3 is 2.47 bits per heavy atom. The Morgan fingerprint density at radius 2 is 1.79 bits per heavy atom. The van der Waals surface area contributed by atoms with Crippen LogP contribution in [0.25, 0.3) is 16.9 Å². The minimum atomic E-state index is -0.898. The van der Waals surface area contributed by atoms with Crippen molar-refractivity contribution in [1.29, 1.82) is 0 Å². The van der Waals surface area contributed by atoms with E-state index in [1.165, 1.54) is 41.2 Å². The third-order valence-electron chi connectivity index (χ3n) is 6.36. The Morgan fingerprint density at radius 1 is 1.03 bits per heavy atom. The Labute approximate surface area is 227 Å². The van der Waals surface area contributed by atoms with Gasteiger partial charge in [0.05, 0.1) is 26.9 Å². The maximum Gasteiger partial charge on any atom is 0.271 e. The summed E-state index contributed by atoms with van der Waals surface area (Å²) < 4.78 is 15.8. The van der Waals surface area contributed by atoms with Gasteiger partial charge in [-0.1, -0.05) is 41.4 Å². The molecule has 0 atom stereocenters. The zero-order valence-electron chi connectivity index (χ0n) is 19.9. The monoisotopic (exact) mass is 553 g/mol. The van der Waals surface area contributed by atoms with Crippen LogP contribution in [-0.4, -0.2) is 43.8 Å². The van der Waals surface area contributed by atoms with Crippen molar-refractivity contribution < 1.29 is 19.1 Å². The molecule has 0 unspecified atom stereocenters. The maximum absolute atomic E-state index is 14.4. The lowest BCUT2D eigenvalue weighted by molar-refractivity contribution is -0.0300. The summed E-state index contributed by atoms with van der Waals surface area (Å²) in [6.45, 7) is 0.110. The van der Waals surface area contributed by atoms with Gasteiger partial charge in [0.2, 0.25) is 0 Å². The summed E-state index contributed by atoms with van der Waals surface area (Å²) in [5, 5.41) is 20.3. The number of anilines is 1. The molecule has 2 amide bonds. The van der Waals surface area contributed by atoms with Crippen LogP contribution in [0.5, 0.6) is 0 Å². The van der Waals surface area contributed by atoms with E-state index in [1.807, 2.05) is 6.07 Å². The van der Waals surface area contributed by atoms with Gasteiger partial charge in [-0.3, -0.25) is 14.6 Å². The van der Waals surface area contributed by atoms with Gasteiger partial charge in [-0.25, -0.2) is 9.07 Å². The number of pyridine rings is 1. The molecule has 194 valence electrons. The zero-order valence-corrected chi connectivity index (χ0v) is 21.4. The summed E-state index contributed by atoms with van der Waals surface area (Å²) in [6, 6.07) is 15.7. The fourth-order valence-electron chi connectivity index (χ4n) is 4.12. The van der Waals surface area contributed by atoms with Gasteiger partial charge < -0.3 is 15.7 Å². The topological polar surface area (TPSA) is 109 Å². The second kappa shape index (κ2) is 10.5. The minimum Gasteiger partial charge on any atom is -0.388 e. The molecule has 8 nitrogen and oxygen atoms in total. The van der Waals surface area contributed by atoms with Crippen molar-refractivity contribution in [2.45, 2.75) is 24.9 Å². The molecule has 2 aromatic heterocycles. The molecular formula is C27H22Cl2FN5O3. The number of hydrogen-bond donors (Lipinski definition) is 3. The lowest BCUT2D eigenvalue weighted by atomic mass is 9.80. The van der Waals surface area contributed by atoms with E-state index in [-0.39, 0.29) is 44.9 Å². The second-order valence-corrected chi connectivity index (χ2v) is 9.84. The molecule has 0 saturated heterocycles. The van der Waals surface area contributed by atoms with E-state index in [0.717, 1.165) is 6.42 Å². The highest BCUT2D eigenvalue weighted by atomic mass is 35.5. The molecule has 2 aromatic carbocycles. The van der Waals surface area contributed by atoms with E-state index in [9.17, 15) is 19.1 Å². The zero-order chi connectivity index (χ0) is 26.9. The number of para-hydroxylation sites is 1. The van der Waals surface area contributed by atoms with Crippen LogP contribution < -0.4 is 10.6 Å². The van der Waals surface area contributed by atoms with Gasteiger partial charge >= 0.3 is 0 Å². The lowest BCUT2D eigenvalue weighted by Crippen LogP contribution is -2.47. The van der Waals surface area contributed by atoms with E-state index in [4.69, 9.17) is 23.2 Å². The number of aromatic nitrogens is 3. The van der Waals surface area contributed by atoms with Crippen molar-refractivity contribution in [3.63, 3.8) is 0 Å². The molecule has 2 heterocycles. The lowest BCUT2D eigenvalue weighted by Gasteiger charge is -2.36. The summed E-state index contributed by atoms with van der Waals surface area (Å²) in [4.78, 5) is 30.2. The summed E-state index contributed by atoms with van der Waals surface area (Å²) in [5.41, 5.74) is -0.0572. The Balaban J connectivity index is 1.46. The molecule has 4 aromatic rings. The van der Waals surface area contributed by atoms with Crippen LogP contribution >= 0.6 is 23.2 Å². The molecule has 11 heteroatoms. The van der Waals surface area contributed by atoms with Gasteiger partial charge in [0.15, 0.2) is 5.69 Å². The number of carbonyl (C=O) groups excluding carboxylic acids is 2. The summed E-state index contributed by atoms with van der Waals surface area (Å²) in [5.74, 6) is -1.53. The third-order valence-corrected chi connectivity index (χ3v) is 6.99. The number of nitrogens with one attached hydrogen (secondary N) is 2. The fourth-order valence-corrected chi connectivity index (χ4v) is 4.67. The van der Waals surface area contributed by atoms with Gasteiger partial charge in [-0.2, -0.15) is 5.10 Å². The summed E-state index contributed by atoms with van der Waals surface area (Å²) in [7, 11) is 0. The number of benzene rings is 2. The van der Waals surface area contributed by atoms with Crippen LogP contribution in [-0.2, 0) is 0 Å². The molecule has 0 bridgehead atoms. The van der Waals surface area contributed by atoms with E-state index in [0.29, 0.717) is 18.5 Å². The largest absolute Gasteiger partial charge is 0.388 e. The average molecular weight is 554 g/mol. The van der Waals surface area contributed by atoms with Gasteiger partial charge in [0.25, 0.3) is 11.8 Å². The first-order chi connectivity index (χ1) is 18.2. The van der Waals surface area contributed by atoms with E-state index >= 15 is 0 Å². The van der Waals surface area contributed by atoms with E-state index in [2.05, 4.69) is 20.7 Å². The molecular weight excluding hydrogens is 532 g/mol. The third kappa shape index (κ3) is 5.26. The molecule has 0 spiro atoms. The van der Waals surface area contributed by atoms with Crippen LogP contribution in [0, 0.1) is 5.82 Å². The standard InChI is InChI=1S/C27H22Cl2FN5O3/c28-19-13-20(29)18(12-17(19)24-21(30)8-4-11-31-24)25(36)33-23-14-22(26(37)32-15-27(38)9-5-10-27)34-35(23)16-6-2-1-3-7-16/h1-4,6-8,11-14,38H,5,9-10,15H2,(H,32,37)(H,33,36). The van der Waals surface area contributed by atoms with Crippen LogP contribution in [0.2, 0.25) is 10.0 Å². The van der Waals surface area contributed by atoms with Crippen molar-refractivity contribution in [3.05, 3.63) is 94.0 Å². The molecule has 5 rings (SSSR count). The van der Waals surface area contributed by atoms with Gasteiger partial charge in [0.1, 0.15) is 17.3 Å². The van der Waals surface area contributed by atoms with E-state index < -0.39 is 23.2 Å². The van der Waals surface area contributed by atoms with Crippen LogP contribution in [0.15, 0.2) is 66.9 Å². The van der Waals surface area contributed by atoms with Crippen molar-refractivity contribution in [3.8, 4) is 16.9 Å². The number of aliphatic hydroxyl groups is 1. The van der Waals surface area contributed by atoms with Crippen LogP contribution in [0.4, 0.5) is 10.2 Å². The average Bonchev–Trinajstić information content (AvgIpc) is 3.31.